The first-order chi connectivity index (χ1) is 9.31. The second kappa shape index (κ2) is 6.75. The Bertz CT molecular complexity index is 529. The quantitative estimate of drug-likeness (QED) is 0.864. The van der Waals surface area contributed by atoms with E-state index in [0.717, 1.165) is 23.4 Å². The summed E-state index contributed by atoms with van der Waals surface area (Å²) >= 11 is 0. The minimum atomic E-state index is 0.479. The molecule has 4 heteroatoms. The Kier molecular flexibility index (Phi) is 4.75. The van der Waals surface area contributed by atoms with Crippen molar-refractivity contribution in [3.8, 4) is 11.6 Å². The van der Waals surface area contributed by atoms with Crippen molar-refractivity contribution < 1.29 is 9.47 Å². The first kappa shape index (κ1) is 13.4. The molecular weight excluding hydrogens is 240 g/mol. The molecule has 0 atom stereocenters. The Balaban J connectivity index is 1.99. The minimum absolute atomic E-state index is 0.479. The lowest BCUT2D eigenvalue weighted by molar-refractivity contribution is 0.292. The van der Waals surface area contributed by atoms with Crippen molar-refractivity contribution in [3.63, 3.8) is 0 Å². The van der Waals surface area contributed by atoms with E-state index in [-0.39, 0.29) is 0 Å². The highest BCUT2D eigenvalue weighted by Gasteiger charge is 2.00. The van der Waals surface area contributed by atoms with Crippen molar-refractivity contribution in [2.45, 2.75) is 13.2 Å². The second-order valence-corrected chi connectivity index (χ2v) is 4.17. The lowest BCUT2D eigenvalue weighted by atomic mass is 10.2. The summed E-state index contributed by atoms with van der Waals surface area (Å²) in [6.07, 6.45) is 1.76. The summed E-state index contributed by atoms with van der Waals surface area (Å²) in [4.78, 5) is 4.20. The molecule has 0 spiro atoms. The minimum Gasteiger partial charge on any atom is -0.497 e. The van der Waals surface area contributed by atoms with Gasteiger partial charge < -0.3 is 14.8 Å². The summed E-state index contributed by atoms with van der Waals surface area (Å²) in [5, 5.41) is 3.10. The molecular formula is C15H18N2O2. The lowest BCUT2D eigenvalue weighted by Crippen LogP contribution is -2.05. The number of benzene rings is 1. The standard InChI is InChI=1S/C15H18N2O2/c1-16-10-12-6-7-17-15(9-12)19-11-13-4-3-5-14(8-13)18-2/h3-9,16H,10-11H2,1-2H3. The highest BCUT2D eigenvalue weighted by molar-refractivity contribution is 5.28. The molecule has 2 rings (SSSR count). The topological polar surface area (TPSA) is 43.4 Å². The fourth-order valence-corrected chi connectivity index (χ4v) is 1.76. The molecule has 1 heterocycles. The number of hydrogen-bond donors (Lipinski definition) is 1. The molecule has 0 aliphatic heterocycles. The molecule has 4 nitrogen and oxygen atoms in total. The average molecular weight is 258 g/mol. The summed E-state index contributed by atoms with van der Waals surface area (Å²) in [6.45, 7) is 1.28. The van der Waals surface area contributed by atoms with E-state index in [2.05, 4.69) is 10.3 Å². The van der Waals surface area contributed by atoms with Crippen LogP contribution in [-0.4, -0.2) is 19.1 Å². The van der Waals surface area contributed by atoms with Crippen molar-refractivity contribution in [1.29, 1.82) is 0 Å². The van der Waals surface area contributed by atoms with Gasteiger partial charge in [-0.05, 0) is 36.4 Å². The van der Waals surface area contributed by atoms with E-state index in [1.165, 1.54) is 0 Å². The molecule has 19 heavy (non-hydrogen) atoms. The first-order valence-corrected chi connectivity index (χ1v) is 6.17. The van der Waals surface area contributed by atoms with Crippen LogP contribution in [0.25, 0.3) is 0 Å². The van der Waals surface area contributed by atoms with Gasteiger partial charge in [0.05, 0.1) is 7.11 Å². The van der Waals surface area contributed by atoms with Crippen LogP contribution in [0, 0.1) is 0 Å². The van der Waals surface area contributed by atoms with Gasteiger partial charge in [0.15, 0.2) is 0 Å². The predicted molar refractivity (Wildman–Crippen MR) is 74.3 cm³/mol. The number of methoxy groups -OCH3 is 1. The van der Waals surface area contributed by atoms with Crippen molar-refractivity contribution in [1.82, 2.24) is 10.3 Å². The molecule has 1 aromatic carbocycles. The van der Waals surface area contributed by atoms with E-state index in [0.29, 0.717) is 12.5 Å². The zero-order valence-corrected chi connectivity index (χ0v) is 11.2. The average Bonchev–Trinajstić information content (AvgIpc) is 2.46. The summed E-state index contributed by atoms with van der Waals surface area (Å²) in [5.74, 6) is 1.47. The van der Waals surface area contributed by atoms with Gasteiger partial charge in [0.25, 0.3) is 0 Å². The number of hydrogen-bond acceptors (Lipinski definition) is 4. The maximum absolute atomic E-state index is 5.68. The van der Waals surface area contributed by atoms with E-state index in [1.54, 1.807) is 13.3 Å². The van der Waals surface area contributed by atoms with Crippen molar-refractivity contribution in [2.75, 3.05) is 14.2 Å². The number of nitrogens with one attached hydrogen (secondary N) is 1. The maximum Gasteiger partial charge on any atom is 0.213 e. The van der Waals surface area contributed by atoms with Gasteiger partial charge in [0.1, 0.15) is 12.4 Å². The number of ether oxygens (including phenoxy) is 2. The molecule has 1 N–H and O–H groups in total. The van der Waals surface area contributed by atoms with Crippen LogP contribution >= 0.6 is 0 Å². The molecule has 0 amide bonds. The largest absolute Gasteiger partial charge is 0.497 e. The summed E-state index contributed by atoms with van der Waals surface area (Å²) in [6, 6.07) is 11.7. The Morgan fingerprint density at radius 2 is 2.05 bits per heavy atom. The van der Waals surface area contributed by atoms with Crippen molar-refractivity contribution >= 4 is 0 Å². The fraction of sp³-hybridized carbons (Fsp3) is 0.267. The monoisotopic (exact) mass is 258 g/mol. The van der Waals surface area contributed by atoms with Gasteiger partial charge in [-0.25, -0.2) is 4.98 Å². The number of pyridine rings is 1. The normalized spacial score (nSPS) is 10.2. The molecule has 0 saturated carbocycles. The van der Waals surface area contributed by atoms with Gasteiger partial charge >= 0.3 is 0 Å². The number of aromatic nitrogens is 1. The Morgan fingerprint density at radius 1 is 1.16 bits per heavy atom. The molecule has 2 aromatic rings. The highest BCUT2D eigenvalue weighted by atomic mass is 16.5. The molecule has 100 valence electrons. The van der Waals surface area contributed by atoms with E-state index < -0.39 is 0 Å². The van der Waals surface area contributed by atoms with Crippen LogP contribution in [0.15, 0.2) is 42.6 Å². The summed E-state index contributed by atoms with van der Waals surface area (Å²) in [5.41, 5.74) is 2.21. The van der Waals surface area contributed by atoms with Crippen molar-refractivity contribution in [2.24, 2.45) is 0 Å². The zero-order chi connectivity index (χ0) is 13.5. The third-order valence-electron chi connectivity index (χ3n) is 2.70. The number of nitrogens with zero attached hydrogens (tertiary/aromatic N) is 1. The van der Waals surface area contributed by atoms with Crippen LogP contribution in [0.5, 0.6) is 11.6 Å². The van der Waals surface area contributed by atoms with Gasteiger partial charge in [-0.1, -0.05) is 12.1 Å². The van der Waals surface area contributed by atoms with Crippen LogP contribution in [0.4, 0.5) is 0 Å². The highest BCUT2D eigenvalue weighted by Crippen LogP contribution is 2.15. The van der Waals surface area contributed by atoms with Gasteiger partial charge in [-0.3, -0.25) is 0 Å². The smallest absolute Gasteiger partial charge is 0.213 e. The van der Waals surface area contributed by atoms with Crippen LogP contribution in [0.1, 0.15) is 11.1 Å². The summed E-state index contributed by atoms with van der Waals surface area (Å²) < 4.78 is 10.9. The van der Waals surface area contributed by atoms with Crippen LogP contribution < -0.4 is 14.8 Å². The maximum atomic E-state index is 5.68. The summed E-state index contributed by atoms with van der Waals surface area (Å²) in [7, 11) is 3.57. The molecule has 0 saturated heterocycles. The molecule has 1 aromatic heterocycles. The first-order valence-electron chi connectivity index (χ1n) is 6.17. The van der Waals surface area contributed by atoms with Gasteiger partial charge in [0, 0.05) is 18.8 Å². The molecule has 0 unspecified atom stereocenters. The fourth-order valence-electron chi connectivity index (χ4n) is 1.76. The van der Waals surface area contributed by atoms with Crippen LogP contribution in [-0.2, 0) is 13.2 Å². The van der Waals surface area contributed by atoms with Gasteiger partial charge in [0.2, 0.25) is 5.88 Å². The predicted octanol–water partition coefficient (Wildman–Crippen LogP) is 2.39. The Labute approximate surface area is 113 Å². The van der Waals surface area contributed by atoms with E-state index in [9.17, 15) is 0 Å². The SMILES string of the molecule is CNCc1ccnc(OCc2cccc(OC)c2)c1. The lowest BCUT2D eigenvalue weighted by Gasteiger charge is -2.08. The third-order valence-corrected chi connectivity index (χ3v) is 2.70. The molecule has 0 fully saturated rings. The molecule has 0 aliphatic carbocycles. The zero-order valence-electron chi connectivity index (χ0n) is 11.2. The molecule has 0 aliphatic rings. The van der Waals surface area contributed by atoms with E-state index in [1.807, 2.05) is 43.4 Å². The van der Waals surface area contributed by atoms with Gasteiger partial charge in [-0.2, -0.15) is 0 Å². The Morgan fingerprint density at radius 3 is 2.84 bits per heavy atom. The third kappa shape index (κ3) is 3.96. The van der Waals surface area contributed by atoms with E-state index >= 15 is 0 Å². The molecule has 0 bridgehead atoms. The second-order valence-electron chi connectivity index (χ2n) is 4.17. The van der Waals surface area contributed by atoms with Gasteiger partial charge in [-0.15, -0.1) is 0 Å². The molecule has 0 radical (unpaired) electrons. The van der Waals surface area contributed by atoms with Crippen LogP contribution in [0.3, 0.4) is 0 Å². The Hall–Kier alpha value is -2.07. The van der Waals surface area contributed by atoms with E-state index in [4.69, 9.17) is 9.47 Å². The van der Waals surface area contributed by atoms with Crippen molar-refractivity contribution in [3.05, 3.63) is 53.7 Å². The van der Waals surface area contributed by atoms with Crippen LogP contribution in [0.2, 0.25) is 0 Å². The number of rotatable bonds is 6.